The second kappa shape index (κ2) is 12.7. The topological polar surface area (TPSA) is 99.9 Å². The molecule has 3 aromatic carbocycles. The first-order chi connectivity index (χ1) is 20.4. The lowest BCUT2D eigenvalue weighted by molar-refractivity contribution is -0.192. The maximum Gasteiger partial charge on any atom is 0.403 e. The molecule has 2 N–H and O–H groups in total. The number of ketones is 1. The molecule has 0 aliphatic carbocycles. The van der Waals surface area contributed by atoms with E-state index >= 15 is 0 Å². The van der Waals surface area contributed by atoms with Crippen LogP contribution < -0.4 is 10.2 Å². The number of aryl methyl sites for hydroxylation is 1. The van der Waals surface area contributed by atoms with Gasteiger partial charge in [-0.15, -0.1) is 0 Å². The molecule has 1 aromatic heterocycles. The van der Waals surface area contributed by atoms with Crippen molar-refractivity contribution in [1.29, 1.82) is 0 Å². The summed E-state index contributed by atoms with van der Waals surface area (Å²) in [6.07, 6.45) is -4.75. The van der Waals surface area contributed by atoms with Gasteiger partial charge < -0.3 is 19.7 Å². The van der Waals surface area contributed by atoms with Gasteiger partial charge in [0.2, 0.25) is 0 Å². The van der Waals surface area contributed by atoms with E-state index in [1.54, 1.807) is 19.1 Å². The van der Waals surface area contributed by atoms with Gasteiger partial charge in [0.15, 0.2) is 11.7 Å². The Balaban J connectivity index is 1.85. The number of aliphatic carboxylic acids is 1. The van der Waals surface area contributed by atoms with E-state index in [9.17, 15) is 27.6 Å². The predicted molar refractivity (Wildman–Crippen MR) is 160 cm³/mol. The Bertz CT molecular complexity index is 1650. The summed E-state index contributed by atoms with van der Waals surface area (Å²) in [5, 5.41) is 11.7. The van der Waals surface area contributed by atoms with Crippen LogP contribution >= 0.6 is 0 Å². The van der Waals surface area contributed by atoms with Crippen molar-refractivity contribution in [3.05, 3.63) is 77.4 Å². The van der Waals surface area contributed by atoms with Gasteiger partial charge in [-0.3, -0.25) is 14.4 Å². The van der Waals surface area contributed by atoms with Gasteiger partial charge >= 0.3 is 12.1 Å². The number of furan rings is 1. The van der Waals surface area contributed by atoms with Crippen LogP contribution in [0.2, 0.25) is 0 Å². The smallest absolute Gasteiger partial charge is 0.403 e. The zero-order chi connectivity index (χ0) is 31.5. The molecule has 0 saturated heterocycles. The highest BCUT2D eigenvalue weighted by Gasteiger charge is 2.45. The molecule has 0 radical (unpaired) electrons. The molecule has 1 amide bonds. The number of Topliss-reactive ketones (excluding diaryl/α,β-unsaturated/α-hetero) is 1. The van der Waals surface area contributed by atoms with Gasteiger partial charge in [0.05, 0.1) is 5.56 Å². The van der Waals surface area contributed by atoms with Gasteiger partial charge in [-0.05, 0) is 44.5 Å². The summed E-state index contributed by atoms with van der Waals surface area (Å²) >= 11 is 0. The Kier molecular flexibility index (Phi) is 9.27. The quantitative estimate of drug-likeness (QED) is 0.174. The lowest BCUT2D eigenvalue weighted by Crippen LogP contribution is -2.41. The molecule has 0 fully saturated rings. The predicted octanol–water partition coefficient (Wildman–Crippen LogP) is 7.51. The number of rotatable bonds is 11. The molecule has 10 heteroatoms. The van der Waals surface area contributed by atoms with E-state index in [0.29, 0.717) is 46.5 Å². The van der Waals surface area contributed by atoms with Gasteiger partial charge in [-0.2, -0.15) is 13.2 Å². The van der Waals surface area contributed by atoms with Gasteiger partial charge in [-0.25, -0.2) is 0 Å². The van der Waals surface area contributed by atoms with Gasteiger partial charge in [0, 0.05) is 59.9 Å². The van der Waals surface area contributed by atoms with Crippen molar-refractivity contribution in [2.45, 2.75) is 40.3 Å². The number of hydrogen-bond acceptors (Lipinski definition) is 5. The summed E-state index contributed by atoms with van der Waals surface area (Å²) in [4.78, 5) is 39.3. The minimum atomic E-state index is -5.01. The van der Waals surface area contributed by atoms with E-state index in [2.05, 4.69) is 10.2 Å². The molecule has 0 saturated carbocycles. The summed E-state index contributed by atoms with van der Waals surface area (Å²) < 4.78 is 45.6. The first-order valence-corrected chi connectivity index (χ1v) is 14.0. The number of fused-ring (bicyclic) bond motifs is 1. The third-order valence-corrected chi connectivity index (χ3v) is 7.42. The Morgan fingerprint density at radius 3 is 2.21 bits per heavy atom. The molecule has 0 spiro atoms. The first-order valence-electron chi connectivity index (χ1n) is 14.0. The van der Waals surface area contributed by atoms with Crippen molar-refractivity contribution in [3.8, 4) is 22.5 Å². The highest BCUT2D eigenvalue weighted by Crippen LogP contribution is 2.41. The normalized spacial score (nSPS) is 12.3. The third kappa shape index (κ3) is 6.58. The molecule has 7 nitrogen and oxygen atoms in total. The van der Waals surface area contributed by atoms with Crippen LogP contribution in [0.1, 0.15) is 53.5 Å². The lowest BCUT2D eigenvalue weighted by Gasteiger charge is -2.24. The molecular formula is C33H33F3N2O5. The number of carboxylic acid groups (broad SMARTS) is 1. The maximum absolute atomic E-state index is 13.3. The molecule has 0 bridgehead atoms. The Morgan fingerprint density at radius 2 is 1.63 bits per heavy atom. The zero-order valence-electron chi connectivity index (χ0n) is 24.3. The average molecular weight is 595 g/mol. The summed E-state index contributed by atoms with van der Waals surface area (Å²) in [6, 6.07) is 17.8. The number of benzene rings is 3. The average Bonchev–Trinajstić information content (AvgIpc) is 3.35. The van der Waals surface area contributed by atoms with Crippen LogP contribution in [0.25, 0.3) is 33.4 Å². The first kappa shape index (κ1) is 31.3. The van der Waals surface area contributed by atoms with Crippen LogP contribution in [0, 0.1) is 12.8 Å². The fraction of sp³-hybridized carbons (Fsp3) is 0.303. The molecule has 226 valence electrons. The number of amides is 1. The van der Waals surface area contributed by atoms with Crippen molar-refractivity contribution in [2.75, 3.05) is 24.5 Å². The van der Waals surface area contributed by atoms with Gasteiger partial charge in [0.1, 0.15) is 11.3 Å². The van der Waals surface area contributed by atoms with Crippen LogP contribution in [0.3, 0.4) is 0 Å². The highest BCUT2D eigenvalue weighted by atomic mass is 19.4. The fourth-order valence-electron chi connectivity index (χ4n) is 5.02. The Morgan fingerprint density at radius 1 is 0.953 bits per heavy atom. The lowest BCUT2D eigenvalue weighted by atomic mass is 9.95. The standard InChI is InChI=1S/C33H33F3N2O5/c1-5-27(39)29-24-16-23(21-9-8-10-22(15-21)31(40)37-18-25(32(41)42)33(34,35)36)26(38(6-2)7-3)17-28(24)43-30(29)20-13-11-19(4)12-14-20/h8-17,25H,5-7,18H2,1-4H3,(H,37,40)(H,41,42). The van der Waals surface area contributed by atoms with E-state index in [4.69, 9.17) is 9.52 Å². The second-order valence-electron chi connectivity index (χ2n) is 10.2. The number of carbonyl (C=O) groups is 3. The van der Waals surface area contributed by atoms with E-state index in [0.717, 1.165) is 16.8 Å². The number of nitrogens with zero attached hydrogens (tertiary/aromatic N) is 1. The van der Waals surface area contributed by atoms with Crippen LogP contribution in [0.4, 0.5) is 18.9 Å². The Hall–Kier alpha value is -4.60. The van der Waals surface area contributed by atoms with Crippen molar-refractivity contribution in [2.24, 2.45) is 5.92 Å². The summed E-state index contributed by atoms with van der Waals surface area (Å²) in [6.45, 7) is 7.93. The van der Waals surface area contributed by atoms with Crippen molar-refractivity contribution in [3.63, 3.8) is 0 Å². The van der Waals surface area contributed by atoms with E-state index in [1.807, 2.05) is 57.2 Å². The van der Waals surface area contributed by atoms with Crippen LogP contribution in [0.5, 0.6) is 0 Å². The number of halogens is 3. The largest absolute Gasteiger partial charge is 0.481 e. The van der Waals surface area contributed by atoms with Crippen molar-refractivity contribution in [1.82, 2.24) is 5.32 Å². The monoisotopic (exact) mass is 594 g/mol. The number of nitrogens with one attached hydrogen (secondary N) is 1. The van der Waals surface area contributed by atoms with Gasteiger partial charge in [-0.1, -0.05) is 48.9 Å². The molecule has 4 aromatic rings. The molecule has 1 atom stereocenters. The molecule has 0 aliphatic rings. The van der Waals surface area contributed by atoms with E-state index < -0.39 is 30.5 Å². The second-order valence-corrected chi connectivity index (χ2v) is 10.2. The maximum atomic E-state index is 13.3. The van der Waals surface area contributed by atoms with Gasteiger partial charge in [0.25, 0.3) is 5.91 Å². The molecule has 1 unspecified atom stereocenters. The van der Waals surface area contributed by atoms with E-state index in [1.165, 1.54) is 12.1 Å². The fourth-order valence-corrected chi connectivity index (χ4v) is 5.02. The molecule has 0 aliphatic heterocycles. The highest BCUT2D eigenvalue weighted by molar-refractivity contribution is 6.13. The summed E-state index contributed by atoms with van der Waals surface area (Å²) in [5.41, 5.74) is 4.95. The number of anilines is 1. The number of carboxylic acids is 1. The van der Waals surface area contributed by atoms with Crippen molar-refractivity contribution < 1.29 is 37.1 Å². The SMILES string of the molecule is CCC(=O)c1c(-c2ccc(C)cc2)oc2cc(N(CC)CC)c(-c3cccc(C(=O)NCC(C(=O)O)C(F)(F)F)c3)cc12. The Labute approximate surface area is 247 Å². The minimum absolute atomic E-state index is 0.0619. The zero-order valence-corrected chi connectivity index (χ0v) is 24.3. The minimum Gasteiger partial charge on any atom is -0.481 e. The molecular weight excluding hydrogens is 561 g/mol. The summed E-state index contributed by atoms with van der Waals surface area (Å²) in [7, 11) is 0. The number of hydrogen-bond donors (Lipinski definition) is 2. The van der Waals surface area contributed by atoms with Crippen molar-refractivity contribution >= 4 is 34.3 Å². The molecule has 1 heterocycles. The van der Waals surface area contributed by atoms with E-state index in [-0.39, 0.29) is 17.8 Å². The summed E-state index contributed by atoms with van der Waals surface area (Å²) in [5.74, 6) is -5.26. The van der Waals surface area contributed by atoms with Crippen LogP contribution in [0.15, 0.2) is 65.1 Å². The third-order valence-electron chi connectivity index (χ3n) is 7.42. The van der Waals surface area contributed by atoms with Crippen LogP contribution in [-0.2, 0) is 4.79 Å². The molecule has 43 heavy (non-hydrogen) atoms. The number of carbonyl (C=O) groups excluding carboxylic acids is 2. The number of alkyl halides is 3. The van der Waals surface area contributed by atoms with Crippen LogP contribution in [-0.4, -0.2) is 48.6 Å². The molecule has 4 rings (SSSR count).